The SMILES string of the molecule is COC(=O)OCc1ccc2c3c(cccc13)C(C)C2C. The van der Waals surface area contributed by atoms with Gasteiger partial charge < -0.3 is 9.47 Å². The number of carbonyl (C=O) groups is 1. The molecule has 0 heterocycles. The molecule has 1 aliphatic carbocycles. The third-order valence-electron chi connectivity index (χ3n) is 4.44. The molecule has 0 saturated heterocycles. The van der Waals surface area contributed by atoms with Crippen molar-refractivity contribution in [3.05, 3.63) is 47.0 Å². The molecule has 2 aromatic carbocycles. The second-order valence-electron chi connectivity index (χ2n) is 5.40. The van der Waals surface area contributed by atoms with Gasteiger partial charge in [0.25, 0.3) is 0 Å². The topological polar surface area (TPSA) is 35.5 Å². The lowest BCUT2D eigenvalue weighted by atomic mass is 9.94. The third kappa shape index (κ3) is 1.85. The summed E-state index contributed by atoms with van der Waals surface area (Å²) in [6, 6.07) is 10.6. The van der Waals surface area contributed by atoms with Gasteiger partial charge in [-0.2, -0.15) is 0 Å². The predicted octanol–water partition coefficient (Wildman–Crippen LogP) is 4.34. The quantitative estimate of drug-likeness (QED) is 0.761. The Bertz CT molecular complexity index is 661. The molecule has 2 unspecified atom stereocenters. The van der Waals surface area contributed by atoms with Crippen molar-refractivity contribution in [2.75, 3.05) is 7.11 Å². The van der Waals surface area contributed by atoms with E-state index in [0.29, 0.717) is 11.8 Å². The second kappa shape index (κ2) is 4.82. The summed E-state index contributed by atoms with van der Waals surface area (Å²) in [5.41, 5.74) is 3.81. The fraction of sp³-hybridized carbons (Fsp3) is 0.353. The van der Waals surface area contributed by atoms with Gasteiger partial charge in [-0.1, -0.05) is 44.2 Å². The Kier molecular flexibility index (Phi) is 3.13. The van der Waals surface area contributed by atoms with E-state index >= 15 is 0 Å². The highest BCUT2D eigenvalue weighted by Crippen LogP contribution is 2.46. The van der Waals surface area contributed by atoms with Gasteiger partial charge in [-0.15, -0.1) is 0 Å². The van der Waals surface area contributed by atoms with Crippen molar-refractivity contribution in [2.24, 2.45) is 0 Å². The Morgan fingerprint density at radius 1 is 1.10 bits per heavy atom. The van der Waals surface area contributed by atoms with Crippen LogP contribution in [0.2, 0.25) is 0 Å². The lowest BCUT2D eigenvalue weighted by Crippen LogP contribution is -2.04. The van der Waals surface area contributed by atoms with Gasteiger partial charge in [-0.3, -0.25) is 0 Å². The van der Waals surface area contributed by atoms with Crippen LogP contribution in [0, 0.1) is 0 Å². The molecule has 0 bridgehead atoms. The van der Waals surface area contributed by atoms with E-state index in [9.17, 15) is 4.79 Å². The second-order valence-corrected chi connectivity index (χ2v) is 5.40. The minimum atomic E-state index is -0.644. The molecule has 0 fully saturated rings. The molecular weight excluding hydrogens is 252 g/mol. The van der Waals surface area contributed by atoms with Crippen LogP contribution in [0.3, 0.4) is 0 Å². The highest BCUT2D eigenvalue weighted by molar-refractivity contribution is 5.94. The number of carbonyl (C=O) groups excluding carboxylic acids is 1. The normalized spacial score (nSPS) is 20.1. The largest absolute Gasteiger partial charge is 0.508 e. The van der Waals surface area contributed by atoms with Crippen molar-refractivity contribution >= 4 is 16.9 Å². The van der Waals surface area contributed by atoms with Crippen molar-refractivity contribution in [1.82, 2.24) is 0 Å². The van der Waals surface area contributed by atoms with Crippen molar-refractivity contribution in [3.8, 4) is 0 Å². The van der Waals surface area contributed by atoms with Gasteiger partial charge in [0.2, 0.25) is 0 Å². The summed E-state index contributed by atoms with van der Waals surface area (Å²) in [5.74, 6) is 1.07. The van der Waals surface area contributed by atoms with E-state index in [-0.39, 0.29) is 6.61 Å². The Labute approximate surface area is 118 Å². The third-order valence-corrected chi connectivity index (χ3v) is 4.44. The fourth-order valence-electron chi connectivity index (χ4n) is 3.14. The number of methoxy groups -OCH3 is 1. The van der Waals surface area contributed by atoms with Gasteiger partial charge in [0.15, 0.2) is 0 Å². The summed E-state index contributed by atoms with van der Waals surface area (Å²) in [6.45, 7) is 4.78. The maximum absolute atomic E-state index is 11.1. The lowest BCUT2D eigenvalue weighted by molar-refractivity contribution is 0.0672. The zero-order valence-corrected chi connectivity index (χ0v) is 12.0. The zero-order valence-electron chi connectivity index (χ0n) is 12.0. The van der Waals surface area contributed by atoms with Gasteiger partial charge in [0.1, 0.15) is 6.61 Å². The van der Waals surface area contributed by atoms with Crippen molar-refractivity contribution in [2.45, 2.75) is 32.3 Å². The number of rotatable bonds is 2. The monoisotopic (exact) mass is 270 g/mol. The molecule has 2 aromatic rings. The van der Waals surface area contributed by atoms with E-state index in [4.69, 9.17) is 4.74 Å². The lowest BCUT2D eigenvalue weighted by Gasteiger charge is -2.11. The van der Waals surface area contributed by atoms with E-state index < -0.39 is 6.16 Å². The maximum Gasteiger partial charge on any atom is 0.508 e. The fourth-order valence-corrected chi connectivity index (χ4v) is 3.14. The van der Waals surface area contributed by atoms with Crippen LogP contribution in [0.25, 0.3) is 10.8 Å². The van der Waals surface area contributed by atoms with Crippen LogP contribution in [0.15, 0.2) is 30.3 Å². The van der Waals surface area contributed by atoms with Crippen LogP contribution in [0.5, 0.6) is 0 Å². The first kappa shape index (κ1) is 13.0. The van der Waals surface area contributed by atoms with Crippen LogP contribution in [-0.4, -0.2) is 13.3 Å². The molecule has 0 amide bonds. The highest BCUT2D eigenvalue weighted by atomic mass is 16.7. The Balaban J connectivity index is 2.07. The van der Waals surface area contributed by atoms with Crippen molar-refractivity contribution < 1.29 is 14.3 Å². The minimum absolute atomic E-state index is 0.246. The molecule has 0 aromatic heterocycles. The molecule has 3 rings (SSSR count). The molecule has 0 saturated carbocycles. The highest BCUT2D eigenvalue weighted by Gasteiger charge is 2.28. The van der Waals surface area contributed by atoms with E-state index in [1.807, 2.05) is 0 Å². The molecule has 3 heteroatoms. The maximum atomic E-state index is 11.1. The molecular formula is C17H18O3. The summed E-state index contributed by atoms with van der Waals surface area (Å²) >= 11 is 0. The first-order valence-electron chi connectivity index (χ1n) is 6.88. The van der Waals surface area contributed by atoms with Gasteiger partial charge in [0, 0.05) is 0 Å². The van der Waals surface area contributed by atoms with E-state index in [1.165, 1.54) is 29.0 Å². The molecule has 0 aliphatic heterocycles. The van der Waals surface area contributed by atoms with Crippen LogP contribution in [-0.2, 0) is 16.1 Å². The predicted molar refractivity (Wildman–Crippen MR) is 78.0 cm³/mol. The number of benzene rings is 2. The molecule has 0 radical (unpaired) electrons. The summed E-state index contributed by atoms with van der Waals surface area (Å²) in [7, 11) is 1.32. The van der Waals surface area contributed by atoms with Gasteiger partial charge >= 0.3 is 6.16 Å². The summed E-state index contributed by atoms with van der Waals surface area (Å²) < 4.78 is 9.59. The smallest absolute Gasteiger partial charge is 0.438 e. The Morgan fingerprint density at radius 2 is 1.80 bits per heavy atom. The molecule has 20 heavy (non-hydrogen) atoms. The first-order chi connectivity index (χ1) is 9.63. The molecule has 1 aliphatic rings. The van der Waals surface area contributed by atoms with E-state index in [0.717, 1.165) is 5.56 Å². The molecule has 2 atom stereocenters. The van der Waals surface area contributed by atoms with E-state index in [1.54, 1.807) is 0 Å². The molecule has 3 nitrogen and oxygen atoms in total. The Hall–Kier alpha value is -2.03. The van der Waals surface area contributed by atoms with Crippen LogP contribution >= 0.6 is 0 Å². The minimum Gasteiger partial charge on any atom is -0.438 e. The first-order valence-corrected chi connectivity index (χ1v) is 6.88. The van der Waals surface area contributed by atoms with Crippen LogP contribution in [0.1, 0.15) is 42.4 Å². The van der Waals surface area contributed by atoms with Gasteiger partial charge in [-0.25, -0.2) is 4.79 Å². The standard InChI is InChI=1S/C17H18O3/c1-10-11(2)14-8-7-12(9-20-17(18)19-3)15-6-4-5-13(10)16(14)15/h4-8,10-11H,9H2,1-3H3. The number of ether oxygens (including phenoxy) is 2. The van der Waals surface area contributed by atoms with Gasteiger partial charge in [0.05, 0.1) is 7.11 Å². The molecule has 0 spiro atoms. The average Bonchev–Trinajstić information content (AvgIpc) is 2.73. The summed E-state index contributed by atoms with van der Waals surface area (Å²) in [5, 5.41) is 2.51. The average molecular weight is 270 g/mol. The summed E-state index contributed by atoms with van der Waals surface area (Å²) in [6.07, 6.45) is -0.644. The van der Waals surface area contributed by atoms with E-state index in [2.05, 4.69) is 48.9 Å². The number of hydrogen-bond donors (Lipinski definition) is 0. The van der Waals surface area contributed by atoms with Gasteiger partial charge in [-0.05, 0) is 39.3 Å². The van der Waals surface area contributed by atoms with Crippen molar-refractivity contribution in [1.29, 1.82) is 0 Å². The molecule has 104 valence electrons. The molecule has 0 N–H and O–H groups in total. The number of hydrogen-bond acceptors (Lipinski definition) is 3. The zero-order chi connectivity index (χ0) is 14.3. The van der Waals surface area contributed by atoms with Crippen LogP contribution < -0.4 is 0 Å². The van der Waals surface area contributed by atoms with Crippen molar-refractivity contribution in [3.63, 3.8) is 0 Å². The Morgan fingerprint density at radius 3 is 2.50 bits per heavy atom. The van der Waals surface area contributed by atoms with Crippen LogP contribution in [0.4, 0.5) is 4.79 Å². The summed E-state index contributed by atoms with van der Waals surface area (Å²) in [4.78, 5) is 11.1.